The first-order chi connectivity index (χ1) is 5.24. The first kappa shape index (κ1) is 10.1. The van der Waals surface area contributed by atoms with Crippen LogP contribution in [0.5, 0.6) is 0 Å². The van der Waals surface area contributed by atoms with Crippen LogP contribution in [0.4, 0.5) is 0 Å². The molecule has 0 aromatic heterocycles. The van der Waals surface area contributed by atoms with Gasteiger partial charge in [0.2, 0.25) is 5.88 Å². The van der Waals surface area contributed by atoms with Crippen LogP contribution < -0.4 is 5.32 Å². The van der Waals surface area contributed by atoms with Crippen molar-refractivity contribution in [1.29, 1.82) is 0 Å². The molecule has 0 radical (unpaired) electrons. The van der Waals surface area contributed by atoms with Gasteiger partial charge in [-0.15, -0.1) is 0 Å². The van der Waals surface area contributed by atoms with Gasteiger partial charge in [0.15, 0.2) is 0 Å². The van der Waals surface area contributed by atoms with Gasteiger partial charge >= 0.3 is 0 Å². The first-order valence-electron chi connectivity index (χ1n) is 3.53. The molecular weight excluding hydrogens is 144 g/mol. The normalized spacial score (nSPS) is 11.1. The third kappa shape index (κ3) is 4.50. The molecule has 0 saturated heterocycles. The largest absolute Gasteiger partial charge is 0.478 e. The maximum absolute atomic E-state index is 5.19. The van der Waals surface area contributed by atoms with Gasteiger partial charge in [-0.25, -0.2) is 0 Å². The average Bonchev–Trinajstić information content (AvgIpc) is 2.03. The summed E-state index contributed by atoms with van der Waals surface area (Å²) < 4.78 is 5.19. The second-order valence-electron chi connectivity index (χ2n) is 1.91. The number of ether oxygens (including phenoxy) is 1. The van der Waals surface area contributed by atoms with E-state index in [1.165, 1.54) is 0 Å². The van der Waals surface area contributed by atoms with Crippen molar-refractivity contribution < 1.29 is 9.57 Å². The quantitative estimate of drug-likeness (QED) is 0.470. The van der Waals surface area contributed by atoms with E-state index in [2.05, 4.69) is 5.32 Å². The molecule has 11 heavy (non-hydrogen) atoms. The third-order valence-corrected chi connectivity index (χ3v) is 1.13. The Bertz CT molecular complexity index is 126. The van der Waals surface area contributed by atoms with Gasteiger partial charge in [-0.2, -0.15) is 0 Å². The highest BCUT2D eigenvalue weighted by Gasteiger charge is 1.94. The van der Waals surface area contributed by atoms with Gasteiger partial charge in [0.1, 0.15) is 0 Å². The third-order valence-electron chi connectivity index (χ3n) is 1.13. The molecule has 0 atom stereocenters. The van der Waals surface area contributed by atoms with Gasteiger partial charge in [0, 0.05) is 14.1 Å². The van der Waals surface area contributed by atoms with Crippen LogP contribution in [-0.2, 0) is 9.57 Å². The zero-order valence-corrected chi connectivity index (χ0v) is 7.55. The van der Waals surface area contributed by atoms with Crippen LogP contribution in [0, 0.1) is 0 Å². The average molecular weight is 160 g/mol. The summed E-state index contributed by atoms with van der Waals surface area (Å²) in [6, 6.07) is 0. The van der Waals surface area contributed by atoms with Gasteiger partial charge in [-0.3, -0.25) is 9.90 Å². The topological polar surface area (TPSA) is 33.7 Å². The molecular formula is C7H16N2O2. The van der Waals surface area contributed by atoms with E-state index in [0.29, 0.717) is 12.5 Å². The van der Waals surface area contributed by atoms with Crippen LogP contribution in [0.25, 0.3) is 0 Å². The van der Waals surface area contributed by atoms with E-state index in [1.807, 2.05) is 6.92 Å². The van der Waals surface area contributed by atoms with Gasteiger partial charge < -0.3 is 10.1 Å². The first-order valence-corrected chi connectivity index (χ1v) is 3.53. The maximum Gasteiger partial charge on any atom is 0.205 e. The Hall–Kier alpha value is -0.900. The molecule has 0 spiro atoms. The van der Waals surface area contributed by atoms with E-state index in [9.17, 15) is 0 Å². The van der Waals surface area contributed by atoms with Crippen LogP contribution in [0.2, 0.25) is 0 Å². The zero-order valence-electron chi connectivity index (χ0n) is 7.55. The zero-order chi connectivity index (χ0) is 8.69. The SMILES string of the molecule is CCO/C(=C/N(C)OC)NC. The minimum Gasteiger partial charge on any atom is -0.478 e. The minimum absolute atomic E-state index is 0.643. The summed E-state index contributed by atoms with van der Waals surface area (Å²) in [6.07, 6.45) is 1.73. The Morgan fingerprint density at radius 1 is 1.64 bits per heavy atom. The fourth-order valence-corrected chi connectivity index (χ4v) is 0.547. The summed E-state index contributed by atoms with van der Waals surface area (Å²) in [4.78, 5) is 4.87. The summed E-state index contributed by atoms with van der Waals surface area (Å²) in [5.41, 5.74) is 0. The molecule has 0 rings (SSSR count). The number of rotatable bonds is 5. The van der Waals surface area contributed by atoms with Crippen molar-refractivity contribution in [3.63, 3.8) is 0 Å². The molecule has 0 unspecified atom stereocenters. The second kappa shape index (κ2) is 5.85. The molecule has 0 aliphatic heterocycles. The van der Waals surface area contributed by atoms with Gasteiger partial charge in [0.05, 0.1) is 19.9 Å². The lowest BCUT2D eigenvalue weighted by Gasteiger charge is -2.13. The summed E-state index contributed by atoms with van der Waals surface area (Å²) in [5, 5.41) is 4.44. The van der Waals surface area contributed by atoms with Gasteiger partial charge in [-0.05, 0) is 6.92 Å². The van der Waals surface area contributed by atoms with Crippen LogP contribution in [0.15, 0.2) is 12.1 Å². The van der Waals surface area contributed by atoms with Crippen molar-refractivity contribution in [2.45, 2.75) is 6.92 Å². The lowest BCUT2D eigenvalue weighted by Crippen LogP contribution is -2.16. The van der Waals surface area contributed by atoms with Crippen LogP contribution in [0.3, 0.4) is 0 Å². The van der Waals surface area contributed by atoms with E-state index in [-0.39, 0.29) is 0 Å². The predicted octanol–water partition coefficient (Wildman–Crippen LogP) is 0.534. The Morgan fingerprint density at radius 2 is 2.27 bits per heavy atom. The van der Waals surface area contributed by atoms with Crippen molar-refractivity contribution >= 4 is 0 Å². The molecule has 0 fully saturated rings. The molecule has 0 heterocycles. The molecule has 4 nitrogen and oxygen atoms in total. The van der Waals surface area contributed by atoms with E-state index in [1.54, 1.807) is 32.5 Å². The van der Waals surface area contributed by atoms with E-state index < -0.39 is 0 Å². The highest BCUT2D eigenvalue weighted by atomic mass is 16.7. The fraction of sp³-hybridized carbons (Fsp3) is 0.714. The lowest BCUT2D eigenvalue weighted by atomic mass is 10.7. The van der Waals surface area contributed by atoms with Crippen LogP contribution >= 0.6 is 0 Å². The molecule has 0 aliphatic rings. The summed E-state index contributed by atoms with van der Waals surface area (Å²) >= 11 is 0. The van der Waals surface area contributed by atoms with Crippen LogP contribution in [0.1, 0.15) is 6.92 Å². The molecule has 1 N–H and O–H groups in total. The van der Waals surface area contributed by atoms with E-state index in [4.69, 9.17) is 9.57 Å². The van der Waals surface area contributed by atoms with Crippen molar-refractivity contribution in [3.8, 4) is 0 Å². The number of hydrogen-bond donors (Lipinski definition) is 1. The highest BCUT2D eigenvalue weighted by Crippen LogP contribution is 1.93. The molecule has 4 heteroatoms. The van der Waals surface area contributed by atoms with Crippen molar-refractivity contribution in [2.24, 2.45) is 0 Å². The highest BCUT2D eigenvalue weighted by molar-refractivity contribution is 4.85. The summed E-state index contributed by atoms with van der Waals surface area (Å²) in [7, 11) is 5.18. The van der Waals surface area contributed by atoms with Crippen LogP contribution in [-0.4, -0.2) is 32.9 Å². The number of hydrogen-bond acceptors (Lipinski definition) is 4. The second-order valence-corrected chi connectivity index (χ2v) is 1.91. The number of nitrogens with zero attached hydrogens (tertiary/aromatic N) is 1. The predicted molar refractivity (Wildman–Crippen MR) is 43.5 cm³/mol. The Morgan fingerprint density at radius 3 is 2.64 bits per heavy atom. The minimum atomic E-state index is 0.643. The van der Waals surface area contributed by atoms with Crippen molar-refractivity contribution in [1.82, 2.24) is 10.4 Å². The van der Waals surface area contributed by atoms with E-state index >= 15 is 0 Å². The molecule has 0 bridgehead atoms. The summed E-state index contributed by atoms with van der Waals surface area (Å²) in [5.74, 6) is 0.692. The molecule has 0 aliphatic carbocycles. The molecule has 0 aromatic rings. The smallest absolute Gasteiger partial charge is 0.205 e. The molecule has 0 aromatic carbocycles. The molecule has 0 amide bonds. The number of hydroxylamine groups is 2. The number of nitrogens with one attached hydrogen (secondary N) is 1. The Labute approximate surface area is 67.7 Å². The molecule has 0 saturated carbocycles. The van der Waals surface area contributed by atoms with Gasteiger partial charge in [-0.1, -0.05) is 0 Å². The standard InChI is InChI=1S/C7H16N2O2/c1-5-11-7(8-2)6-9(3)10-4/h6,8H,5H2,1-4H3/b7-6+. The van der Waals surface area contributed by atoms with E-state index in [0.717, 1.165) is 0 Å². The maximum atomic E-state index is 5.19. The lowest BCUT2D eigenvalue weighted by molar-refractivity contribution is -0.0686. The fourth-order valence-electron chi connectivity index (χ4n) is 0.547. The van der Waals surface area contributed by atoms with Crippen molar-refractivity contribution in [3.05, 3.63) is 12.1 Å². The molecule has 66 valence electrons. The van der Waals surface area contributed by atoms with Crippen molar-refractivity contribution in [2.75, 3.05) is 27.8 Å². The monoisotopic (exact) mass is 160 g/mol. The Balaban J connectivity index is 3.88. The summed E-state index contributed by atoms with van der Waals surface area (Å²) in [6.45, 7) is 2.57. The Kier molecular flexibility index (Phi) is 5.37. The van der Waals surface area contributed by atoms with Gasteiger partial charge in [0.25, 0.3) is 0 Å².